The summed E-state index contributed by atoms with van der Waals surface area (Å²) < 4.78 is 5.16. The summed E-state index contributed by atoms with van der Waals surface area (Å²) in [5, 5.41) is 13.2. The summed E-state index contributed by atoms with van der Waals surface area (Å²) in [6.07, 6.45) is -1.01. The van der Waals surface area contributed by atoms with Crippen molar-refractivity contribution in [1.82, 2.24) is 10.2 Å². The number of halogens is 1. The standard InChI is InChI=1S/C22H23ClN4O6/c1-15(22(30)26-11-9-25(10-12-26)17-5-3-2-4-6-17)33-20(28)14-24-21(29)16-7-8-18(23)19(13-16)27(31)32/h2-8,13,15H,9-12,14H2,1H3,(H,24,29). The van der Waals surface area contributed by atoms with Crippen molar-refractivity contribution in [3.05, 3.63) is 69.2 Å². The molecule has 174 valence electrons. The lowest BCUT2D eigenvalue weighted by Crippen LogP contribution is -2.52. The number of anilines is 1. The summed E-state index contributed by atoms with van der Waals surface area (Å²) >= 11 is 5.73. The lowest BCUT2D eigenvalue weighted by molar-refractivity contribution is -0.384. The second-order valence-corrected chi connectivity index (χ2v) is 7.79. The van der Waals surface area contributed by atoms with Crippen molar-refractivity contribution in [3.8, 4) is 0 Å². The Morgan fingerprint density at radius 2 is 1.79 bits per heavy atom. The molecular weight excluding hydrogens is 452 g/mol. The Morgan fingerprint density at radius 3 is 2.42 bits per heavy atom. The van der Waals surface area contributed by atoms with Crippen LogP contribution in [0, 0.1) is 10.1 Å². The highest BCUT2D eigenvalue weighted by Crippen LogP contribution is 2.25. The van der Waals surface area contributed by atoms with E-state index in [2.05, 4.69) is 10.2 Å². The molecule has 1 fully saturated rings. The summed E-state index contributed by atoms with van der Waals surface area (Å²) in [4.78, 5) is 51.0. The van der Waals surface area contributed by atoms with E-state index in [-0.39, 0.29) is 16.5 Å². The van der Waals surface area contributed by atoms with Crippen LogP contribution in [0.5, 0.6) is 0 Å². The maximum atomic E-state index is 12.6. The molecule has 33 heavy (non-hydrogen) atoms. The third-order valence-electron chi connectivity index (χ3n) is 5.17. The van der Waals surface area contributed by atoms with Gasteiger partial charge in [-0.2, -0.15) is 0 Å². The Hall–Kier alpha value is -3.66. The highest BCUT2D eigenvalue weighted by Gasteiger charge is 2.27. The number of benzene rings is 2. The van der Waals surface area contributed by atoms with Crippen molar-refractivity contribution in [2.24, 2.45) is 0 Å². The third-order valence-corrected chi connectivity index (χ3v) is 5.49. The first-order chi connectivity index (χ1) is 15.8. The summed E-state index contributed by atoms with van der Waals surface area (Å²) in [7, 11) is 0. The number of rotatable bonds is 7. The van der Waals surface area contributed by atoms with Crippen LogP contribution in [-0.2, 0) is 14.3 Å². The number of piperazine rings is 1. The molecule has 2 aromatic carbocycles. The molecule has 1 heterocycles. The summed E-state index contributed by atoms with van der Waals surface area (Å²) in [5.41, 5.74) is 0.642. The molecule has 11 heteroatoms. The van der Waals surface area contributed by atoms with E-state index < -0.39 is 35.1 Å². The summed E-state index contributed by atoms with van der Waals surface area (Å²) in [5.74, 6) is -1.81. The molecule has 1 aliphatic heterocycles. The SMILES string of the molecule is CC(OC(=O)CNC(=O)c1ccc(Cl)c([N+](=O)[O-])c1)C(=O)N1CCN(c2ccccc2)CC1. The zero-order valence-corrected chi connectivity index (χ0v) is 18.7. The molecule has 0 aliphatic carbocycles. The Morgan fingerprint density at radius 1 is 1.12 bits per heavy atom. The van der Waals surface area contributed by atoms with Crippen LogP contribution >= 0.6 is 11.6 Å². The van der Waals surface area contributed by atoms with Crippen molar-refractivity contribution in [1.29, 1.82) is 0 Å². The number of esters is 1. The fourth-order valence-electron chi connectivity index (χ4n) is 3.42. The molecule has 1 N–H and O–H groups in total. The van der Waals surface area contributed by atoms with Crippen molar-refractivity contribution in [2.75, 3.05) is 37.6 Å². The number of carbonyl (C=O) groups excluding carboxylic acids is 3. The molecule has 0 bridgehead atoms. The smallest absolute Gasteiger partial charge is 0.326 e. The fraction of sp³-hybridized carbons (Fsp3) is 0.318. The predicted molar refractivity (Wildman–Crippen MR) is 121 cm³/mol. The maximum Gasteiger partial charge on any atom is 0.326 e. The van der Waals surface area contributed by atoms with E-state index in [1.165, 1.54) is 19.1 Å². The topological polar surface area (TPSA) is 122 Å². The molecular formula is C22H23ClN4O6. The lowest BCUT2D eigenvalue weighted by Gasteiger charge is -2.37. The van der Waals surface area contributed by atoms with Gasteiger partial charge in [-0.15, -0.1) is 0 Å². The predicted octanol–water partition coefficient (Wildman–Crippen LogP) is 2.26. The van der Waals surface area contributed by atoms with Gasteiger partial charge in [-0.1, -0.05) is 29.8 Å². The monoisotopic (exact) mass is 474 g/mol. The highest BCUT2D eigenvalue weighted by atomic mass is 35.5. The van der Waals surface area contributed by atoms with Gasteiger partial charge in [0.1, 0.15) is 11.6 Å². The first-order valence-electron chi connectivity index (χ1n) is 10.3. The average molecular weight is 475 g/mol. The van der Waals surface area contributed by atoms with Crippen molar-refractivity contribution >= 4 is 40.8 Å². The first-order valence-corrected chi connectivity index (χ1v) is 10.6. The van der Waals surface area contributed by atoms with Crippen molar-refractivity contribution < 1.29 is 24.0 Å². The largest absolute Gasteiger partial charge is 0.451 e. The van der Waals surface area contributed by atoms with Crippen LogP contribution in [0.4, 0.5) is 11.4 Å². The van der Waals surface area contributed by atoms with Crippen LogP contribution in [0.25, 0.3) is 0 Å². The number of ether oxygens (including phenoxy) is 1. The van der Waals surface area contributed by atoms with Gasteiger partial charge in [-0.25, -0.2) is 0 Å². The highest BCUT2D eigenvalue weighted by molar-refractivity contribution is 6.32. The zero-order chi connectivity index (χ0) is 24.0. The number of para-hydroxylation sites is 1. The second-order valence-electron chi connectivity index (χ2n) is 7.39. The Kier molecular flexibility index (Phi) is 7.83. The molecule has 10 nitrogen and oxygen atoms in total. The second kappa shape index (κ2) is 10.8. The number of nitro benzene ring substituents is 1. The van der Waals surface area contributed by atoms with E-state index in [9.17, 15) is 24.5 Å². The van der Waals surface area contributed by atoms with Gasteiger partial charge in [0, 0.05) is 43.5 Å². The van der Waals surface area contributed by atoms with Crippen LogP contribution < -0.4 is 10.2 Å². The zero-order valence-electron chi connectivity index (χ0n) is 17.9. The van der Waals surface area contributed by atoms with Gasteiger partial charge < -0.3 is 19.9 Å². The molecule has 2 aromatic rings. The Balaban J connectivity index is 1.45. The molecule has 2 amide bonds. The molecule has 1 aliphatic rings. The number of carbonyl (C=O) groups is 3. The maximum absolute atomic E-state index is 12.6. The molecule has 0 aromatic heterocycles. The fourth-order valence-corrected chi connectivity index (χ4v) is 3.61. The number of hydrogen-bond acceptors (Lipinski definition) is 7. The number of hydrogen-bond donors (Lipinski definition) is 1. The van der Waals surface area contributed by atoms with Gasteiger partial charge in [0.15, 0.2) is 6.10 Å². The molecule has 1 unspecified atom stereocenters. The molecule has 0 radical (unpaired) electrons. The van der Waals surface area contributed by atoms with Gasteiger partial charge in [-0.3, -0.25) is 24.5 Å². The van der Waals surface area contributed by atoms with Gasteiger partial charge in [0.2, 0.25) is 0 Å². The number of nitro groups is 1. The Labute approximate surface area is 195 Å². The van der Waals surface area contributed by atoms with Gasteiger partial charge >= 0.3 is 5.97 Å². The van der Waals surface area contributed by atoms with Crippen LogP contribution in [0.1, 0.15) is 17.3 Å². The van der Waals surface area contributed by atoms with E-state index in [0.717, 1.165) is 11.8 Å². The van der Waals surface area contributed by atoms with Crippen molar-refractivity contribution in [2.45, 2.75) is 13.0 Å². The van der Waals surface area contributed by atoms with E-state index in [4.69, 9.17) is 16.3 Å². The van der Waals surface area contributed by atoms with Gasteiger partial charge in [0.05, 0.1) is 4.92 Å². The quantitative estimate of drug-likeness (QED) is 0.371. The van der Waals surface area contributed by atoms with Crippen LogP contribution in [0.3, 0.4) is 0 Å². The minimum atomic E-state index is -1.01. The molecule has 1 saturated heterocycles. The van der Waals surface area contributed by atoms with Crippen LogP contribution in [0.15, 0.2) is 48.5 Å². The molecule has 1 atom stereocenters. The van der Waals surface area contributed by atoms with E-state index in [0.29, 0.717) is 26.2 Å². The summed E-state index contributed by atoms with van der Waals surface area (Å²) in [6.45, 7) is 3.33. The van der Waals surface area contributed by atoms with Crippen molar-refractivity contribution in [3.63, 3.8) is 0 Å². The normalized spacial score (nSPS) is 14.4. The average Bonchev–Trinajstić information content (AvgIpc) is 2.82. The molecule has 0 saturated carbocycles. The number of nitrogens with zero attached hydrogens (tertiary/aromatic N) is 3. The minimum absolute atomic E-state index is 0.0284. The van der Waals surface area contributed by atoms with Crippen LogP contribution in [-0.4, -0.2) is 66.4 Å². The van der Waals surface area contributed by atoms with Gasteiger partial charge in [0.25, 0.3) is 17.5 Å². The summed E-state index contributed by atoms with van der Waals surface area (Å²) in [6, 6.07) is 13.4. The lowest BCUT2D eigenvalue weighted by atomic mass is 10.2. The Bertz CT molecular complexity index is 1040. The molecule has 3 rings (SSSR count). The number of nitrogens with one attached hydrogen (secondary N) is 1. The first kappa shape index (κ1) is 24.0. The van der Waals surface area contributed by atoms with E-state index >= 15 is 0 Å². The van der Waals surface area contributed by atoms with E-state index in [1.807, 2.05) is 30.3 Å². The van der Waals surface area contributed by atoms with Gasteiger partial charge in [-0.05, 0) is 31.2 Å². The minimum Gasteiger partial charge on any atom is -0.451 e. The van der Waals surface area contributed by atoms with Crippen LogP contribution in [0.2, 0.25) is 5.02 Å². The number of amides is 2. The molecule has 0 spiro atoms. The third kappa shape index (κ3) is 6.19. The van der Waals surface area contributed by atoms with E-state index in [1.54, 1.807) is 4.90 Å².